The van der Waals surface area contributed by atoms with Gasteiger partial charge in [-0.1, -0.05) is 24.8 Å². The van der Waals surface area contributed by atoms with Gasteiger partial charge >= 0.3 is 5.79 Å². The van der Waals surface area contributed by atoms with Crippen molar-refractivity contribution in [3.05, 3.63) is 90.1 Å². The summed E-state index contributed by atoms with van der Waals surface area (Å²) < 4.78 is 48.5. The van der Waals surface area contributed by atoms with E-state index in [9.17, 15) is 8.78 Å². The van der Waals surface area contributed by atoms with Crippen LogP contribution in [0.1, 0.15) is 18.9 Å². The highest BCUT2D eigenvalue weighted by Gasteiger charge is 2.48. The number of benzene rings is 2. The molecule has 4 rings (SSSR count). The average molecular weight is 458 g/mol. The summed E-state index contributed by atoms with van der Waals surface area (Å²) in [5, 5.41) is 0. The van der Waals surface area contributed by atoms with Crippen molar-refractivity contribution >= 4 is 11.9 Å². The Morgan fingerprint density at radius 1 is 1.12 bits per heavy atom. The molecule has 2 aliphatic heterocycles. The van der Waals surface area contributed by atoms with E-state index >= 15 is 0 Å². The number of allylic oxidation sites excluding steroid dienone is 3. The zero-order valence-electron chi connectivity index (χ0n) is 17.9. The minimum atomic E-state index is -1.59. The van der Waals surface area contributed by atoms with Gasteiger partial charge in [-0.15, -0.1) is 0 Å². The van der Waals surface area contributed by atoms with Gasteiger partial charge in [0.2, 0.25) is 0 Å². The number of ether oxygens (including phenoxy) is 3. The van der Waals surface area contributed by atoms with Gasteiger partial charge in [-0.05, 0) is 67.8 Å². The second kappa shape index (κ2) is 9.90. The number of nitrogens with zero attached hydrogens (tertiary/aromatic N) is 1. The number of hydrogen-bond acceptors (Lipinski definition) is 5. The first kappa shape index (κ1) is 22.6. The first-order valence-electron chi connectivity index (χ1n) is 10.5. The lowest BCUT2D eigenvalue weighted by molar-refractivity contribution is -0.0499. The van der Waals surface area contributed by atoms with Crippen LogP contribution in [-0.2, 0) is 10.5 Å². The number of hydrogen-bond donors (Lipinski definition) is 0. The second-order valence-electron chi connectivity index (χ2n) is 7.40. The molecule has 2 heterocycles. The van der Waals surface area contributed by atoms with Crippen LogP contribution in [0.4, 0.5) is 8.78 Å². The van der Waals surface area contributed by atoms with Gasteiger partial charge in [0.25, 0.3) is 0 Å². The van der Waals surface area contributed by atoms with Crippen LogP contribution < -0.4 is 9.47 Å². The molecule has 2 aromatic carbocycles. The summed E-state index contributed by atoms with van der Waals surface area (Å²) in [6.07, 6.45) is 5.92. The molecule has 168 valence electrons. The molecule has 0 radical (unpaired) electrons. The van der Waals surface area contributed by atoms with Gasteiger partial charge in [-0.25, -0.2) is 13.1 Å². The molecule has 1 fully saturated rings. The minimum absolute atomic E-state index is 0.154. The number of rotatable bonds is 7. The van der Waals surface area contributed by atoms with Gasteiger partial charge < -0.3 is 14.2 Å². The lowest BCUT2D eigenvalue weighted by Crippen LogP contribution is -2.38. The van der Waals surface area contributed by atoms with Gasteiger partial charge in [0.05, 0.1) is 18.8 Å². The Kier molecular flexibility index (Phi) is 6.98. The summed E-state index contributed by atoms with van der Waals surface area (Å²) >= 11 is 1.61. The van der Waals surface area contributed by atoms with Crippen LogP contribution in [0.15, 0.2) is 83.6 Å². The molecule has 2 aliphatic rings. The van der Waals surface area contributed by atoms with E-state index in [-0.39, 0.29) is 5.57 Å². The molecule has 0 saturated carbocycles. The molecule has 0 amide bonds. The van der Waals surface area contributed by atoms with Crippen molar-refractivity contribution in [2.24, 2.45) is 0 Å². The largest absolute Gasteiger partial charge is 0.440 e. The highest BCUT2D eigenvalue weighted by Crippen LogP contribution is 2.50. The van der Waals surface area contributed by atoms with E-state index in [1.807, 2.05) is 37.3 Å². The van der Waals surface area contributed by atoms with Gasteiger partial charge in [0.15, 0.2) is 11.5 Å². The Morgan fingerprint density at radius 3 is 2.53 bits per heavy atom. The zero-order chi connectivity index (χ0) is 22.6. The van der Waals surface area contributed by atoms with Crippen molar-refractivity contribution in [2.45, 2.75) is 24.0 Å². The summed E-state index contributed by atoms with van der Waals surface area (Å²) in [5.74, 6) is -1.69. The Bertz CT molecular complexity index is 1030. The lowest BCUT2D eigenvalue weighted by Gasteiger charge is -2.30. The topological polar surface area (TPSA) is 30.9 Å². The van der Waals surface area contributed by atoms with Crippen LogP contribution >= 0.6 is 11.9 Å². The molecule has 2 aromatic rings. The van der Waals surface area contributed by atoms with E-state index in [1.165, 1.54) is 24.3 Å². The third-order valence-electron chi connectivity index (χ3n) is 5.19. The van der Waals surface area contributed by atoms with Crippen molar-refractivity contribution < 1.29 is 23.0 Å². The molecule has 0 aromatic heterocycles. The molecule has 1 unspecified atom stereocenters. The number of morpholine rings is 1. The van der Waals surface area contributed by atoms with E-state index in [4.69, 9.17) is 14.2 Å². The molecule has 1 saturated heterocycles. The van der Waals surface area contributed by atoms with Crippen LogP contribution in [0.5, 0.6) is 11.5 Å². The highest BCUT2D eigenvalue weighted by atomic mass is 32.2. The van der Waals surface area contributed by atoms with E-state index in [0.29, 0.717) is 36.7 Å². The van der Waals surface area contributed by atoms with Crippen molar-refractivity contribution in [3.63, 3.8) is 0 Å². The van der Waals surface area contributed by atoms with Gasteiger partial charge in [0, 0.05) is 23.5 Å². The van der Waals surface area contributed by atoms with Crippen LogP contribution in [0.3, 0.4) is 0 Å². The van der Waals surface area contributed by atoms with Gasteiger partial charge in [-0.3, -0.25) is 0 Å². The molecule has 7 heteroatoms. The Hall–Kier alpha value is -2.61. The van der Waals surface area contributed by atoms with Crippen molar-refractivity contribution in [1.29, 1.82) is 0 Å². The second-order valence-corrected chi connectivity index (χ2v) is 8.57. The van der Waals surface area contributed by atoms with E-state index in [0.717, 1.165) is 18.0 Å². The Labute approximate surface area is 191 Å². The van der Waals surface area contributed by atoms with E-state index in [2.05, 4.69) is 10.9 Å². The maximum Gasteiger partial charge on any atom is 0.308 e. The molecule has 32 heavy (non-hydrogen) atoms. The molecular weight excluding hydrogens is 432 g/mol. The first-order valence-corrected chi connectivity index (χ1v) is 11.2. The van der Waals surface area contributed by atoms with Crippen molar-refractivity contribution in [3.8, 4) is 11.5 Å². The molecule has 0 N–H and O–H groups in total. The van der Waals surface area contributed by atoms with Gasteiger partial charge in [-0.2, -0.15) is 0 Å². The van der Waals surface area contributed by atoms with Gasteiger partial charge in [0.1, 0.15) is 11.6 Å². The molecule has 1 atom stereocenters. The molecule has 0 aliphatic carbocycles. The summed E-state index contributed by atoms with van der Waals surface area (Å²) in [6.45, 7) is 8.46. The molecule has 4 nitrogen and oxygen atoms in total. The van der Waals surface area contributed by atoms with Crippen LogP contribution in [0, 0.1) is 5.82 Å². The smallest absolute Gasteiger partial charge is 0.308 e. The predicted octanol–water partition coefficient (Wildman–Crippen LogP) is 6.17. The summed E-state index contributed by atoms with van der Waals surface area (Å²) in [7, 11) is 0. The fourth-order valence-electron chi connectivity index (χ4n) is 3.63. The molecule has 0 bridgehead atoms. The van der Waals surface area contributed by atoms with Crippen LogP contribution in [-0.4, -0.2) is 30.6 Å². The SMILES string of the molecule is C=C(F)/C(=C\C/C=C\C)C1(c2ccc(F)cc2)Oc2ccc(SN3CCOCC3)cc2O1. The van der Waals surface area contributed by atoms with Crippen LogP contribution in [0.2, 0.25) is 0 Å². The summed E-state index contributed by atoms with van der Waals surface area (Å²) in [6, 6.07) is 11.3. The molecular formula is C25H25F2NO3S. The monoisotopic (exact) mass is 457 g/mol. The van der Waals surface area contributed by atoms with E-state index < -0.39 is 17.4 Å². The normalized spacial score (nSPS) is 21.3. The average Bonchev–Trinajstić information content (AvgIpc) is 3.17. The quantitative estimate of drug-likeness (QED) is 0.282. The third kappa shape index (κ3) is 4.75. The highest BCUT2D eigenvalue weighted by molar-refractivity contribution is 7.97. The maximum atomic E-state index is 14.7. The summed E-state index contributed by atoms with van der Waals surface area (Å²) in [4.78, 5) is 0.975. The molecule has 0 spiro atoms. The zero-order valence-corrected chi connectivity index (χ0v) is 18.7. The van der Waals surface area contributed by atoms with Crippen LogP contribution in [0.25, 0.3) is 0 Å². The fraction of sp³-hybridized carbons (Fsp3) is 0.280. The Morgan fingerprint density at radius 2 is 1.84 bits per heavy atom. The van der Waals surface area contributed by atoms with E-state index in [1.54, 1.807) is 18.0 Å². The predicted molar refractivity (Wildman–Crippen MR) is 122 cm³/mol. The Balaban J connectivity index is 1.70. The third-order valence-corrected chi connectivity index (χ3v) is 6.28. The summed E-state index contributed by atoms with van der Waals surface area (Å²) in [5.41, 5.74) is 0.629. The lowest BCUT2D eigenvalue weighted by atomic mass is 9.95. The first-order chi connectivity index (χ1) is 15.5. The number of fused-ring (bicyclic) bond motifs is 1. The number of halogens is 2. The van der Waals surface area contributed by atoms with Crippen molar-refractivity contribution in [1.82, 2.24) is 4.31 Å². The maximum absolute atomic E-state index is 14.7. The standard InChI is InChI=1S/C25H25F2NO3S/c1-3-4-5-6-22(18(2)26)25(19-7-9-20(27)10-8-19)30-23-12-11-21(17-24(23)31-25)32-28-13-15-29-16-14-28/h3-4,6-12,17H,2,5,13-16H2,1H3/b4-3-,22-6+. The minimum Gasteiger partial charge on any atom is -0.440 e. The van der Waals surface area contributed by atoms with Crippen molar-refractivity contribution in [2.75, 3.05) is 26.3 Å². The fourth-order valence-corrected chi connectivity index (χ4v) is 4.54.